The Labute approximate surface area is 220 Å². The minimum atomic E-state index is -3.52. The van der Waals surface area contributed by atoms with Gasteiger partial charge in [-0.15, -0.1) is 0 Å². The molecule has 38 heavy (non-hydrogen) atoms. The zero-order valence-electron chi connectivity index (χ0n) is 21.3. The Balaban J connectivity index is 1.12. The van der Waals surface area contributed by atoms with Crippen molar-refractivity contribution in [2.75, 3.05) is 24.8 Å². The minimum Gasteiger partial charge on any atom is -0.474 e. The summed E-state index contributed by atoms with van der Waals surface area (Å²) in [7, 11) is -3.52. The van der Waals surface area contributed by atoms with Crippen LogP contribution in [0.25, 0.3) is 0 Å². The standard InChI is InChI=1S/C26H31FN4O6S/c1-14-24(30-22-7-6-18(10-21(22)27)38(2,33)34)28-13-29-25(14)36-17-8-15-11-35-12-16(9-17)31(15)26(32)37-23-19-4-3-5-20(19)23/h6-7,10,13,15-17,19-20,23H,3-5,8-9,11-12H2,1-2H3,(H,28,29,30)/t15?,16?,17?,19-,20+,23-. The van der Waals surface area contributed by atoms with Gasteiger partial charge in [-0.2, -0.15) is 0 Å². The van der Waals surface area contributed by atoms with E-state index in [2.05, 4.69) is 15.3 Å². The second-order valence-corrected chi connectivity index (χ2v) is 12.8. The summed E-state index contributed by atoms with van der Waals surface area (Å²) in [5.41, 5.74) is 0.672. The topological polar surface area (TPSA) is 120 Å². The predicted molar refractivity (Wildman–Crippen MR) is 135 cm³/mol. The van der Waals surface area contributed by atoms with Gasteiger partial charge in [0.05, 0.1) is 41.4 Å². The summed E-state index contributed by atoms with van der Waals surface area (Å²) in [5, 5.41) is 2.91. The molecule has 0 radical (unpaired) electrons. The number of nitrogens with zero attached hydrogens (tertiary/aromatic N) is 3. The van der Waals surface area contributed by atoms with Crippen molar-refractivity contribution >= 4 is 27.4 Å². The van der Waals surface area contributed by atoms with Crippen molar-refractivity contribution in [3.63, 3.8) is 0 Å². The molecule has 3 heterocycles. The highest BCUT2D eigenvalue weighted by Crippen LogP contribution is 2.54. The fraction of sp³-hybridized carbons (Fsp3) is 0.577. The van der Waals surface area contributed by atoms with E-state index < -0.39 is 15.7 Å². The molecule has 0 spiro atoms. The van der Waals surface area contributed by atoms with Crippen LogP contribution in [0.2, 0.25) is 0 Å². The SMILES string of the molecule is Cc1c(Nc2ccc(S(C)(=O)=O)cc2F)ncnc1OC1CC2COCC(C1)N2C(=O)O[C@@H]1[C@@H]2CCC[C@@H]21. The van der Waals surface area contributed by atoms with Crippen molar-refractivity contribution in [1.82, 2.24) is 14.9 Å². The first-order valence-corrected chi connectivity index (χ1v) is 14.9. The van der Waals surface area contributed by atoms with Crippen molar-refractivity contribution in [1.29, 1.82) is 0 Å². The van der Waals surface area contributed by atoms with Gasteiger partial charge in [-0.1, -0.05) is 6.42 Å². The number of aromatic nitrogens is 2. The Morgan fingerprint density at radius 3 is 2.53 bits per heavy atom. The molecule has 1 aromatic carbocycles. The number of anilines is 2. The van der Waals surface area contributed by atoms with E-state index in [1.165, 1.54) is 24.9 Å². The average Bonchev–Trinajstić information content (AvgIpc) is 3.26. The summed E-state index contributed by atoms with van der Waals surface area (Å²) in [6.45, 7) is 2.63. The van der Waals surface area contributed by atoms with Gasteiger partial charge in [0, 0.05) is 30.9 Å². The lowest BCUT2D eigenvalue weighted by molar-refractivity contribution is -0.0924. The van der Waals surface area contributed by atoms with Gasteiger partial charge in [0.1, 0.15) is 30.2 Å². The highest BCUT2D eigenvalue weighted by Gasteiger charge is 2.56. The maximum atomic E-state index is 14.6. The van der Waals surface area contributed by atoms with E-state index in [1.807, 2.05) is 4.90 Å². The van der Waals surface area contributed by atoms with E-state index in [0.717, 1.165) is 25.2 Å². The van der Waals surface area contributed by atoms with Crippen LogP contribution in [0, 0.1) is 24.6 Å². The molecule has 2 aromatic rings. The van der Waals surface area contributed by atoms with E-state index in [4.69, 9.17) is 14.2 Å². The molecule has 5 atom stereocenters. The number of fused-ring (bicyclic) bond motifs is 3. The first kappa shape index (κ1) is 25.3. The van der Waals surface area contributed by atoms with Gasteiger partial charge in [-0.3, -0.25) is 4.90 Å². The maximum Gasteiger partial charge on any atom is 0.410 e. The molecule has 204 valence electrons. The Kier molecular flexibility index (Phi) is 6.42. The molecule has 2 aliphatic heterocycles. The van der Waals surface area contributed by atoms with Crippen LogP contribution in [0.4, 0.5) is 20.7 Å². The van der Waals surface area contributed by atoms with E-state index in [1.54, 1.807) is 6.92 Å². The Hall–Kier alpha value is -2.99. The molecular formula is C26H31FN4O6S. The van der Waals surface area contributed by atoms with E-state index >= 15 is 0 Å². The fourth-order valence-corrected chi connectivity index (χ4v) is 6.79. The van der Waals surface area contributed by atoms with E-state index in [-0.39, 0.29) is 41.0 Å². The molecule has 1 amide bonds. The van der Waals surface area contributed by atoms with Crippen LogP contribution >= 0.6 is 0 Å². The number of piperidine rings is 1. The molecule has 10 nitrogen and oxygen atoms in total. The lowest BCUT2D eigenvalue weighted by Gasteiger charge is -2.47. The second kappa shape index (κ2) is 9.64. The largest absolute Gasteiger partial charge is 0.474 e. The average molecular weight is 547 g/mol. The minimum absolute atomic E-state index is 0.0777. The highest BCUT2D eigenvalue weighted by atomic mass is 32.2. The number of rotatable bonds is 6. The molecule has 2 unspecified atom stereocenters. The molecule has 2 aliphatic carbocycles. The number of hydrogen-bond acceptors (Lipinski definition) is 9. The van der Waals surface area contributed by atoms with Gasteiger partial charge in [-0.05, 0) is 38.0 Å². The van der Waals surface area contributed by atoms with Crippen LogP contribution in [0.1, 0.15) is 37.7 Å². The third kappa shape index (κ3) is 4.79. The number of amides is 1. The summed E-state index contributed by atoms with van der Waals surface area (Å²) in [4.78, 5) is 23.3. The number of ether oxygens (including phenoxy) is 3. The molecule has 12 heteroatoms. The third-order valence-electron chi connectivity index (χ3n) is 8.19. The number of benzene rings is 1. The van der Waals surface area contributed by atoms with Crippen LogP contribution < -0.4 is 10.1 Å². The third-order valence-corrected chi connectivity index (χ3v) is 9.30. The maximum absolute atomic E-state index is 14.6. The number of carbonyl (C=O) groups excluding carboxylic acids is 1. The van der Waals surface area contributed by atoms with Gasteiger partial charge in [0.2, 0.25) is 5.88 Å². The summed E-state index contributed by atoms with van der Waals surface area (Å²) in [6.07, 6.45) is 6.71. The molecular weight excluding hydrogens is 515 g/mol. The molecule has 1 aromatic heterocycles. The van der Waals surface area contributed by atoms with Crippen LogP contribution in [0.5, 0.6) is 5.88 Å². The second-order valence-electron chi connectivity index (χ2n) is 10.8. The van der Waals surface area contributed by atoms with Crippen LogP contribution in [-0.2, 0) is 19.3 Å². The van der Waals surface area contributed by atoms with Crippen molar-refractivity contribution in [2.24, 2.45) is 11.8 Å². The van der Waals surface area contributed by atoms with Crippen LogP contribution in [0.15, 0.2) is 29.4 Å². The van der Waals surface area contributed by atoms with Gasteiger partial charge >= 0.3 is 6.09 Å². The van der Waals surface area contributed by atoms with Crippen LogP contribution in [-0.4, -0.2) is 73.1 Å². The lowest BCUT2D eigenvalue weighted by atomic mass is 9.92. The summed E-state index contributed by atoms with van der Waals surface area (Å²) in [6, 6.07) is 3.39. The molecule has 2 saturated carbocycles. The lowest BCUT2D eigenvalue weighted by Crippen LogP contribution is -2.61. The van der Waals surface area contributed by atoms with Gasteiger partial charge < -0.3 is 19.5 Å². The molecule has 4 fully saturated rings. The van der Waals surface area contributed by atoms with Crippen molar-refractivity contribution in [3.8, 4) is 5.88 Å². The van der Waals surface area contributed by atoms with Gasteiger partial charge in [0.25, 0.3) is 0 Å². The predicted octanol–water partition coefficient (Wildman–Crippen LogP) is 3.62. The molecule has 6 rings (SSSR count). The Morgan fingerprint density at radius 2 is 1.87 bits per heavy atom. The summed E-state index contributed by atoms with van der Waals surface area (Å²) in [5.74, 6) is 1.09. The van der Waals surface area contributed by atoms with Gasteiger partial charge in [-0.25, -0.2) is 27.6 Å². The number of halogens is 1. The van der Waals surface area contributed by atoms with Gasteiger partial charge in [0.15, 0.2) is 9.84 Å². The quantitative estimate of drug-likeness (QED) is 0.579. The van der Waals surface area contributed by atoms with Crippen molar-refractivity contribution < 1.29 is 31.8 Å². The highest BCUT2D eigenvalue weighted by molar-refractivity contribution is 7.90. The first-order valence-electron chi connectivity index (χ1n) is 13.0. The zero-order valence-corrected chi connectivity index (χ0v) is 22.1. The molecule has 2 saturated heterocycles. The van der Waals surface area contributed by atoms with E-state index in [0.29, 0.717) is 55.2 Å². The van der Waals surface area contributed by atoms with Crippen molar-refractivity contribution in [2.45, 2.75) is 68.2 Å². The smallest absolute Gasteiger partial charge is 0.410 e. The number of nitrogens with one attached hydrogen (secondary N) is 1. The Bertz CT molecular complexity index is 1330. The number of carbonyl (C=O) groups is 1. The van der Waals surface area contributed by atoms with Crippen LogP contribution in [0.3, 0.4) is 0 Å². The van der Waals surface area contributed by atoms with E-state index in [9.17, 15) is 17.6 Å². The first-order chi connectivity index (χ1) is 18.2. The summed E-state index contributed by atoms with van der Waals surface area (Å²) >= 11 is 0. The fourth-order valence-electron chi connectivity index (χ4n) is 6.16. The van der Waals surface area contributed by atoms with Crippen molar-refractivity contribution in [3.05, 3.63) is 35.9 Å². The molecule has 1 N–H and O–H groups in total. The zero-order chi connectivity index (χ0) is 26.6. The molecule has 2 bridgehead atoms. The monoisotopic (exact) mass is 546 g/mol. The number of sulfone groups is 1. The number of hydrogen-bond donors (Lipinski definition) is 1. The Morgan fingerprint density at radius 1 is 1.16 bits per heavy atom. The normalized spacial score (nSPS) is 29.9. The summed E-state index contributed by atoms with van der Waals surface area (Å²) < 4.78 is 55.9. The molecule has 4 aliphatic rings. The number of morpholine rings is 1.